The van der Waals surface area contributed by atoms with E-state index in [1.807, 2.05) is 0 Å². The predicted molar refractivity (Wildman–Crippen MR) is 57.9 cm³/mol. The van der Waals surface area contributed by atoms with Gasteiger partial charge in [0.05, 0.1) is 6.61 Å². The molecule has 0 aromatic carbocycles. The smallest absolute Gasteiger partial charge is 0.328 e. The minimum Gasteiger partial charge on any atom is -0.478 e. The molecule has 0 unspecified atom stereocenters. The van der Waals surface area contributed by atoms with Gasteiger partial charge in [-0.1, -0.05) is 5.57 Å². The van der Waals surface area contributed by atoms with E-state index in [2.05, 4.69) is 5.32 Å². The minimum atomic E-state index is -0.823. The summed E-state index contributed by atoms with van der Waals surface area (Å²) >= 11 is 0. The molecular weight excluding hydrogens is 194 g/mol. The van der Waals surface area contributed by atoms with Crippen molar-refractivity contribution in [2.24, 2.45) is 0 Å². The number of aliphatic carboxylic acids is 1. The maximum Gasteiger partial charge on any atom is 0.328 e. The number of rotatable bonds is 5. The Balaban J connectivity index is 2.21. The number of methoxy groups -OCH3 is 1. The van der Waals surface area contributed by atoms with Crippen molar-refractivity contribution in [2.75, 3.05) is 20.3 Å². The van der Waals surface area contributed by atoms with E-state index in [-0.39, 0.29) is 0 Å². The van der Waals surface area contributed by atoms with Crippen molar-refractivity contribution in [3.63, 3.8) is 0 Å². The van der Waals surface area contributed by atoms with Crippen LogP contribution in [0, 0.1) is 0 Å². The van der Waals surface area contributed by atoms with Gasteiger partial charge in [-0.25, -0.2) is 4.79 Å². The van der Waals surface area contributed by atoms with Crippen LogP contribution >= 0.6 is 0 Å². The quantitative estimate of drug-likeness (QED) is 0.532. The summed E-state index contributed by atoms with van der Waals surface area (Å²) in [7, 11) is 1.69. The molecule has 4 nitrogen and oxygen atoms in total. The number of ether oxygens (including phenoxy) is 1. The largest absolute Gasteiger partial charge is 0.478 e. The van der Waals surface area contributed by atoms with Crippen molar-refractivity contribution < 1.29 is 14.6 Å². The Morgan fingerprint density at radius 3 is 2.80 bits per heavy atom. The van der Waals surface area contributed by atoms with E-state index in [0.29, 0.717) is 6.04 Å². The third kappa shape index (κ3) is 4.95. The van der Waals surface area contributed by atoms with Crippen LogP contribution in [0.3, 0.4) is 0 Å². The first-order valence-electron chi connectivity index (χ1n) is 5.37. The highest BCUT2D eigenvalue weighted by molar-refractivity contribution is 5.80. The van der Waals surface area contributed by atoms with Gasteiger partial charge in [0.15, 0.2) is 0 Å². The summed E-state index contributed by atoms with van der Waals surface area (Å²) in [5, 5.41) is 12.0. The van der Waals surface area contributed by atoms with Gasteiger partial charge in [0.1, 0.15) is 0 Å². The molecule has 0 saturated heterocycles. The summed E-state index contributed by atoms with van der Waals surface area (Å²) in [4.78, 5) is 10.5. The second-order valence-corrected chi connectivity index (χ2v) is 3.86. The van der Waals surface area contributed by atoms with Crippen molar-refractivity contribution in [3.05, 3.63) is 11.6 Å². The van der Waals surface area contributed by atoms with Gasteiger partial charge in [0.2, 0.25) is 0 Å². The van der Waals surface area contributed by atoms with Gasteiger partial charge in [-0.3, -0.25) is 0 Å². The zero-order valence-corrected chi connectivity index (χ0v) is 9.16. The molecule has 1 saturated carbocycles. The third-order valence-electron chi connectivity index (χ3n) is 2.69. The van der Waals surface area contributed by atoms with Crippen LogP contribution in [0.1, 0.15) is 25.7 Å². The Hall–Kier alpha value is -0.870. The first-order valence-corrected chi connectivity index (χ1v) is 5.37. The first-order chi connectivity index (χ1) is 7.22. The van der Waals surface area contributed by atoms with E-state index in [9.17, 15) is 4.79 Å². The highest BCUT2D eigenvalue weighted by atomic mass is 16.5. The molecule has 0 heterocycles. The lowest BCUT2D eigenvalue weighted by molar-refractivity contribution is -0.131. The zero-order chi connectivity index (χ0) is 11.1. The van der Waals surface area contributed by atoms with E-state index in [1.165, 1.54) is 6.08 Å². The summed E-state index contributed by atoms with van der Waals surface area (Å²) in [6, 6.07) is 0.520. The normalized spacial score (nSPS) is 21.4. The van der Waals surface area contributed by atoms with Gasteiger partial charge in [0, 0.05) is 25.8 Å². The number of carboxylic acid groups (broad SMARTS) is 1. The Labute approximate surface area is 90.3 Å². The van der Waals surface area contributed by atoms with Gasteiger partial charge in [-0.2, -0.15) is 0 Å². The molecule has 0 atom stereocenters. The van der Waals surface area contributed by atoms with Crippen LogP contribution in [-0.2, 0) is 9.53 Å². The van der Waals surface area contributed by atoms with Crippen LogP contribution < -0.4 is 5.32 Å². The fourth-order valence-electron chi connectivity index (χ4n) is 1.88. The number of hydrogen-bond donors (Lipinski definition) is 2. The van der Waals surface area contributed by atoms with Crippen LogP contribution in [0.5, 0.6) is 0 Å². The third-order valence-corrected chi connectivity index (χ3v) is 2.69. The maximum absolute atomic E-state index is 10.5. The van der Waals surface area contributed by atoms with Crippen molar-refractivity contribution in [1.82, 2.24) is 5.32 Å². The van der Waals surface area contributed by atoms with Crippen LogP contribution in [0.25, 0.3) is 0 Å². The number of hydrogen-bond acceptors (Lipinski definition) is 3. The van der Waals surface area contributed by atoms with Crippen molar-refractivity contribution in [1.29, 1.82) is 0 Å². The Morgan fingerprint density at radius 2 is 2.27 bits per heavy atom. The lowest BCUT2D eigenvalue weighted by Gasteiger charge is -2.24. The van der Waals surface area contributed by atoms with E-state index in [4.69, 9.17) is 9.84 Å². The molecule has 1 aliphatic rings. The molecule has 0 aliphatic heterocycles. The molecule has 1 fully saturated rings. The summed E-state index contributed by atoms with van der Waals surface area (Å²) in [5.74, 6) is -0.823. The number of carboxylic acids is 1. The Morgan fingerprint density at radius 1 is 1.60 bits per heavy atom. The molecule has 0 bridgehead atoms. The molecule has 1 rings (SSSR count). The summed E-state index contributed by atoms with van der Waals surface area (Å²) in [6.07, 6.45) is 5.21. The van der Waals surface area contributed by atoms with Crippen LogP contribution in [-0.4, -0.2) is 37.4 Å². The van der Waals surface area contributed by atoms with Crippen molar-refractivity contribution in [2.45, 2.75) is 31.7 Å². The molecule has 0 amide bonds. The molecule has 0 aromatic heterocycles. The minimum absolute atomic E-state index is 0.520. The van der Waals surface area contributed by atoms with Crippen molar-refractivity contribution >= 4 is 5.97 Å². The number of allylic oxidation sites excluding steroid dienone is 1. The fraction of sp³-hybridized carbons (Fsp3) is 0.727. The summed E-state index contributed by atoms with van der Waals surface area (Å²) < 4.78 is 4.96. The molecule has 0 aromatic rings. The molecule has 1 aliphatic carbocycles. The first kappa shape index (κ1) is 12.2. The lowest BCUT2D eigenvalue weighted by atomic mass is 9.90. The van der Waals surface area contributed by atoms with Gasteiger partial charge in [0.25, 0.3) is 0 Å². The highest BCUT2D eigenvalue weighted by Gasteiger charge is 2.16. The SMILES string of the molecule is COCCNC1CCC(=CC(=O)O)CC1. The van der Waals surface area contributed by atoms with Crippen LogP contribution in [0.2, 0.25) is 0 Å². The van der Waals surface area contributed by atoms with Gasteiger partial charge in [-0.15, -0.1) is 0 Å². The van der Waals surface area contributed by atoms with Gasteiger partial charge >= 0.3 is 5.97 Å². The summed E-state index contributed by atoms with van der Waals surface area (Å²) in [6.45, 7) is 1.60. The number of carbonyl (C=O) groups is 1. The van der Waals surface area contributed by atoms with Crippen molar-refractivity contribution in [3.8, 4) is 0 Å². The monoisotopic (exact) mass is 213 g/mol. The van der Waals surface area contributed by atoms with Gasteiger partial charge < -0.3 is 15.2 Å². The standard InChI is InChI=1S/C11H19NO3/c1-15-7-6-12-10-4-2-9(3-5-10)8-11(13)14/h8,10,12H,2-7H2,1H3,(H,13,14). The molecule has 86 valence electrons. The maximum atomic E-state index is 10.5. The number of nitrogens with one attached hydrogen (secondary N) is 1. The lowest BCUT2D eigenvalue weighted by Crippen LogP contribution is -2.33. The van der Waals surface area contributed by atoms with E-state index >= 15 is 0 Å². The molecule has 0 radical (unpaired) electrons. The van der Waals surface area contributed by atoms with Gasteiger partial charge in [-0.05, 0) is 25.7 Å². The van der Waals surface area contributed by atoms with E-state index in [0.717, 1.165) is 44.4 Å². The van der Waals surface area contributed by atoms with E-state index < -0.39 is 5.97 Å². The molecule has 15 heavy (non-hydrogen) atoms. The molecule has 0 spiro atoms. The second kappa shape index (κ2) is 6.58. The van der Waals surface area contributed by atoms with E-state index in [1.54, 1.807) is 7.11 Å². The topological polar surface area (TPSA) is 58.6 Å². The highest BCUT2D eigenvalue weighted by Crippen LogP contribution is 2.23. The predicted octanol–water partition coefficient (Wildman–Crippen LogP) is 1.18. The van der Waals surface area contributed by atoms with Crippen LogP contribution in [0.4, 0.5) is 0 Å². The molecule has 4 heteroatoms. The second-order valence-electron chi connectivity index (χ2n) is 3.86. The molecular formula is C11H19NO3. The molecule has 2 N–H and O–H groups in total. The average molecular weight is 213 g/mol. The average Bonchev–Trinajstić information content (AvgIpc) is 2.20. The fourth-order valence-corrected chi connectivity index (χ4v) is 1.88. The summed E-state index contributed by atoms with van der Waals surface area (Å²) in [5.41, 5.74) is 1.06. The Bertz CT molecular complexity index is 228. The zero-order valence-electron chi connectivity index (χ0n) is 9.16. The van der Waals surface area contributed by atoms with Crippen LogP contribution in [0.15, 0.2) is 11.6 Å². The Kier molecular flexibility index (Phi) is 5.36.